The van der Waals surface area contributed by atoms with Gasteiger partial charge in [0.25, 0.3) is 5.91 Å². The van der Waals surface area contributed by atoms with E-state index in [-0.39, 0.29) is 18.0 Å². The van der Waals surface area contributed by atoms with Gasteiger partial charge in [-0.25, -0.2) is 19.0 Å². The van der Waals surface area contributed by atoms with Crippen LogP contribution in [-0.2, 0) is 15.8 Å². The lowest BCUT2D eigenvalue weighted by molar-refractivity contribution is 0.0474. The Morgan fingerprint density at radius 2 is 2.00 bits per heavy atom. The summed E-state index contributed by atoms with van der Waals surface area (Å²) < 4.78 is 27.1. The predicted octanol–water partition coefficient (Wildman–Crippen LogP) is 4.82. The molecule has 2 unspecified atom stereocenters. The molecular weight excluding hydrogens is 538 g/mol. The number of hydrogen-bond donors (Lipinski definition) is 3. The van der Waals surface area contributed by atoms with Crippen LogP contribution >= 0.6 is 11.3 Å². The summed E-state index contributed by atoms with van der Waals surface area (Å²) in [5, 5.41) is 7.87. The summed E-state index contributed by atoms with van der Waals surface area (Å²) in [7, 11) is 0. The van der Waals surface area contributed by atoms with Crippen molar-refractivity contribution in [3.8, 4) is 0 Å². The van der Waals surface area contributed by atoms with Crippen molar-refractivity contribution in [3.05, 3.63) is 52.4 Å². The quantitative estimate of drug-likeness (QED) is 0.373. The van der Waals surface area contributed by atoms with Crippen molar-refractivity contribution in [3.63, 3.8) is 0 Å². The van der Waals surface area contributed by atoms with Crippen LogP contribution in [0, 0.1) is 0 Å². The smallest absolute Gasteiger partial charge is 0.407 e. The second-order valence-corrected chi connectivity index (χ2v) is 12.7. The van der Waals surface area contributed by atoms with E-state index in [4.69, 9.17) is 9.72 Å². The molecule has 3 heterocycles. The number of amides is 2. The Balaban J connectivity index is 1.29. The highest BCUT2D eigenvalue weighted by molar-refractivity contribution is 7.83. The first-order valence-electron chi connectivity index (χ1n) is 12.8. The zero-order chi connectivity index (χ0) is 27.7. The van der Waals surface area contributed by atoms with Crippen LogP contribution in [0.3, 0.4) is 0 Å². The summed E-state index contributed by atoms with van der Waals surface area (Å²) in [6, 6.07) is 5.58. The molecule has 0 radical (unpaired) electrons. The molecule has 1 saturated heterocycles. The first-order chi connectivity index (χ1) is 18.6. The molecule has 12 heteroatoms. The van der Waals surface area contributed by atoms with E-state index in [1.54, 1.807) is 18.3 Å². The maximum absolute atomic E-state index is 13.4. The number of rotatable bonds is 5. The van der Waals surface area contributed by atoms with Gasteiger partial charge < -0.3 is 24.8 Å². The van der Waals surface area contributed by atoms with Crippen LogP contribution in [0.5, 0.6) is 0 Å². The average molecular weight is 570 g/mol. The van der Waals surface area contributed by atoms with E-state index in [1.807, 2.05) is 49.9 Å². The van der Waals surface area contributed by atoms with Crippen LogP contribution < -0.4 is 10.6 Å². The molecule has 0 saturated carbocycles. The fourth-order valence-corrected chi connectivity index (χ4v) is 6.20. The Hall–Kier alpha value is -3.35. The largest absolute Gasteiger partial charge is 0.444 e. The molecule has 0 bridgehead atoms. The van der Waals surface area contributed by atoms with Gasteiger partial charge in [-0.2, -0.15) is 0 Å². The minimum atomic E-state index is -2.05. The molecule has 2 aliphatic rings. The van der Waals surface area contributed by atoms with Crippen LogP contribution in [0.25, 0.3) is 21.0 Å². The molecule has 1 aromatic carbocycles. The number of carbonyl (C=O) groups excluding carboxylic acids is 2. The maximum atomic E-state index is 13.4. The van der Waals surface area contributed by atoms with Gasteiger partial charge in [0, 0.05) is 40.8 Å². The summed E-state index contributed by atoms with van der Waals surface area (Å²) in [4.78, 5) is 37.4. The fourth-order valence-electron chi connectivity index (χ4n) is 4.68. The Morgan fingerprint density at radius 3 is 2.72 bits per heavy atom. The number of nitrogens with zero attached hydrogens (tertiary/aromatic N) is 3. The third-order valence-electron chi connectivity index (χ3n) is 6.51. The molecule has 0 spiro atoms. The summed E-state index contributed by atoms with van der Waals surface area (Å²) in [6.07, 6.45) is 8.47. The van der Waals surface area contributed by atoms with Crippen LogP contribution in [0.2, 0.25) is 0 Å². The van der Waals surface area contributed by atoms with E-state index >= 15 is 0 Å². The van der Waals surface area contributed by atoms with Crippen LogP contribution in [-0.4, -0.2) is 66.4 Å². The number of nitrogens with one attached hydrogen (secondary N) is 2. The first kappa shape index (κ1) is 27.2. The number of fused-ring (bicyclic) bond motifs is 3. The lowest BCUT2D eigenvalue weighted by atomic mass is 10.0. The number of hydrogen-bond acceptors (Lipinski definition) is 8. The van der Waals surface area contributed by atoms with Crippen molar-refractivity contribution >= 4 is 61.4 Å². The van der Waals surface area contributed by atoms with Crippen molar-refractivity contribution in [1.82, 2.24) is 20.2 Å². The number of thiophene rings is 1. The van der Waals surface area contributed by atoms with Crippen molar-refractivity contribution in [1.29, 1.82) is 0 Å². The van der Waals surface area contributed by atoms with Gasteiger partial charge in [-0.15, -0.1) is 11.3 Å². The Labute approximate surface area is 232 Å². The molecule has 3 N–H and O–H groups in total. The molecule has 5 rings (SSSR count). The number of alkyl carbamates (subject to hydrolysis) is 1. The number of aromatic nitrogens is 2. The SMILES string of the molecule is CC(C)(C)OC(=O)NC1CCN(C(=O)c2cc3c(ccc4cnc(NC5C=C(S(=O)O)C=CC5)nc43)s2)CC1. The first-order valence-corrected chi connectivity index (χ1v) is 14.7. The number of benzene rings is 1. The maximum Gasteiger partial charge on any atom is 0.407 e. The van der Waals surface area contributed by atoms with Gasteiger partial charge in [0.2, 0.25) is 5.95 Å². The third kappa shape index (κ3) is 6.45. The molecule has 206 valence electrons. The molecule has 1 fully saturated rings. The zero-order valence-corrected chi connectivity index (χ0v) is 23.6. The van der Waals surface area contributed by atoms with Gasteiger partial charge in [0.15, 0.2) is 11.1 Å². The van der Waals surface area contributed by atoms with E-state index in [0.29, 0.717) is 48.1 Å². The topological polar surface area (TPSA) is 134 Å². The van der Waals surface area contributed by atoms with E-state index in [1.165, 1.54) is 11.3 Å². The standard InChI is InChI=1S/C27H31N5O5S2/c1-27(2,3)37-26(34)30-17-9-11-32(12-10-17)24(33)22-14-20-21(38-22)8-7-16-15-28-25(31-23(16)20)29-18-5-4-6-19(13-18)39(35)36/h4,6-8,13-15,17-18H,5,9-12H2,1-3H3,(H,30,34)(H,35,36)(H,28,29,31). The average Bonchev–Trinajstić information content (AvgIpc) is 3.33. The second-order valence-electron chi connectivity index (χ2n) is 10.6. The molecular formula is C27H31N5O5S2. The molecule has 39 heavy (non-hydrogen) atoms. The number of allylic oxidation sites excluding steroid dienone is 1. The van der Waals surface area contributed by atoms with Crippen molar-refractivity contribution < 1.29 is 23.1 Å². The van der Waals surface area contributed by atoms with E-state index in [0.717, 1.165) is 21.0 Å². The lowest BCUT2D eigenvalue weighted by Gasteiger charge is -2.32. The van der Waals surface area contributed by atoms with Crippen molar-refractivity contribution in [2.24, 2.45) is 0 Å². The minimum absolute atomic E-state index is 0.0270. The van der Waals surface area contributed by atoms with Crippen LogP contribution in [0.1, 0.15) is 49.7 Å². The molecule has 1 aliphatic heterocycles. The van der Waals surface area contributed by atoms with Gasteiger partial charge in [-0.05, 0) is 70.4 Å². The van der Waals surface area contributed by atoms with Gasteiger partial charge in [0.1, 0.15) is 5.60 Å². The van der Waals surface area contributed by atoms with Crippen LogP contribution in [0.15, 0.2) is 47.5 Å². The number of anilines is 1. The molecule has 1 aliphatic carbocycles. The number of ether oxygens (including phenoxy) is 1. The summed E-state index contributed by atoms with van der Waals surface area (Å²) in [6.45, 7) is 6.59. The molecule has 3 aromatic rings. The van der Waals surface area contributed by atoms with Gasteiger partial charge in [0.05, 0.1) is 21.3 Å². The number of carbonyl (C=O) groups is 2. The molecule has 10 nitrogen and oxygen atoms in total. The summed E-state index contributed by atoms with van der Waals surface area (Å²) >= 11 is -0.615. The Kier molecular flexibility index (Phi) is 7.70. The highest BCUT2D eigenvalue weighted by Crippen LogP contribution is 2.33. The van der Waals surface area contributed by atoms with Crippen molar-refractivity contribution in [2.75, 3.05) is 18.4 Å². The van der Waals surface area contributed by atoms with Crippen molar-refractivity contribution in [2.45, 2.75) is 57.7 Å². The monoisotopic (exact) mass is 569 g/mol. The second kappa shape index (κ2) is 11.0. The lowest BCUT2D eigenvalue weighted by Crippen LogP contribution is -2.47. The van der Waals surface area contributed by atoms with Gasteiger partial charge >= 0.3 is 6.09 Å². The normalized spacial score (nSPS) is 19.1. The van der Waals surface area contributed by atoms with Gasteiger partial charge in [-0.3, -0.25) is 4.79 Å². The van der Waals surface area contributed by atoms with Crippen LogP contribution in [0.4, 0.5) is 10.7 Å². The highest BCUT2D eigenvalue weighted by Gasteiger charge is 2.27. The molecule has 2 atom stereocenters. The van der Waals surface area contributed by atoms with E-state index in [9.17, 15) is 18.4 Å². The summed E-state index contributed by atoms with van der Waals surface area (Å²) in [5.74, 6) is 0.379. The molecule has 2 amide bonds. The van der Waals surface area contributed by atoms with E-state index < -0.39 is 22.8 Å². The zero-order valence-electron chi connectivity index (χ0n) is 22.0. The van der Waals surface area contributed by atoms with E-state index in [2.05, 4.69) is 15.6 Å². The Bertz CT molecular complexity index is 1500. The van der Waals surface area contributed by atoms with Gasteiger partial charge in [-0.1, -0.05) is 6.08 Å². The minimum Gasteiger partial charge on any atom is -0.444 e. The summed E-state index contributed by atoms with van der Waals surface area (Å²) in [5.41, 5.74) is 0.185. The number of piperidine rings is 1. The number of likely N-dealkylation sites (tertiary alicyclic amines) is 1. The predicted molar refractivity (Wildman–Crippen MR) is 153 cm³/mol. The Morgan fingerprint density at radius 1 is 1.23 bits per heavy atom. The fraction of sp³-hybridized carbons (Fsp3) is 0.407. The molecule has 2 aromatic heterocycles. The third-order valence-corrected chi connectivity index (χ3v) is 8.28. The highest BCUT2D eigenvalue weighted by atomic mass is 32.2.